The average molecular weight is 857 g/mol. The minimum atomic E-state index is -3.86. The SMILES string of the molecule is Cc1cccc(S(=O)(=O)NC(CCn2cccc2C#N)C(=O)N2CCC(C)CC2)c1.Cc1ccccc1S(=O)(=O)NC(CCn1cccc1C#N)C(=O)N1CCC(C)CC1. The lowest BCUT2D eigenvalue weighted by molar-refractivity contribution is -0.135. The van der Waals surface area contributed by atoms with Crippen molar-refractivity contribution in [1.29, 1.82) is 10.5 Å². The normalized spacial score (nSPS) is 16.2. The first-order valence-electron chi connectivity index (χ1n) is 20.5. The summed E-state index contributed by atoms with van der Waals surface area (Å²) in [7, 11) is -7.72. The van der Waals surface area contributed by atoms with Crippen molar-refractivity contribution in [3.05, 3.63) is 108 Å². The predicted octanol–water partition coefficient (Wildman–Crippen LogP) is 5.33. The molecule has 2 aromatic carbocycles. The molecule has 0 aliphatic carbocycles. The summed E-state index contributed by atoms with van der Waals surface area (Å²) >= 11 is 0. The van der Waals surface area contributed by atoms with Crippen molar-refractivity contribution < 1.29 is 26.4 Å². The number of rotatable bonds is 14. The average Bonchev–Trinajstić information content (AvgIpc) is 3.90. The largest absolute Gasteiger partial charge is 0.341 e. The number of benzene rings is 2. The van der Waals surface area contributed by atoms with Gasteiger partial charge in [-0.3, -0.25) is 9.59 Å². The van der Waals surface area contributed by atoms with E-state index in [2.05, 4.69) is 35.4 Å². The summed E-state index contributed by atoms with van der Waals surface area (Å²) in [6, 6.07) is 22.7. The van der Waals surface area contributed by atoms with Crippen LogP contribution in [0, 0.1) is 48.3 Å². The number of piperidine rings is 2. The lowest BCUT2D eigenvalue weighted by Crippen LogP contribution is -2.51. The van der Waals surface area contributed by atoms with E-state index in [1.807, 2.05) is 13.0 Å². The Kier molecular flexibility index (Phi) is 15.9. The Balaban J connectivity index is 0.000000228. The van der Waals surface area contributed by atoms with E-state index in [0.29, 0.717) is 68.1 Å². The van der Waals surface area contributed by atoms with Crippen molar-refractivity contribution in [3.8, 4) is 12.1 Å². The molecular weight excluding hydrogens is 801 g/mol. The summed E-state index contributed by atoms with van der Waals surface area (Å²) < 4.78 is 60.8. The van der Waals surface area contributed by atoms with Gasteiger partial charge in [0.1, 0.15) is 35.6 Å². The van der Waals surface area contributed by atoms with Gasteiger partial charge in [0.05, 0.1) is 9.79 Å². The van der Waals surface area contributed by atoms with E-state index in [1.54, 1.807) is 98.9 Å². The molecule has 4 aromatic rings. The Morgan fingerprint density at radius 2 is 1.13 bits per heavy atom. The quantitative estimate of drug-likeness (QED) is 0.170. The lowest BCUT2D eigenvalue weighted by Gasteiger charge is -2.33. The number of carbonyl (C=O) groups excluding carboxylic acids is 2. The number of hydrogen-bond acceptors (Lipinski definition) is 8. The topological polar surface area (TPSA) is 190 Å². The molecule has 2 aromatic heterocycles. The van der Waals surface area contributed by atoms with Gasteiger partial charge in [-0.1, -0.05) is 44.2 Å². The van der Waals surface area contributed by atoms with Crippen LogP contribution in [0.25, 0.3) is 0 Å². The number of amides is 2. The van der Waals surface area contributed by atoms with Crippen molar-refractivity contribution >= 4 is 31.9 Å². The minimum absolute atomic E-state index is 0.145. The Bertz CT molecular complexity index is 2400. The Labute approximate surface area is 354 Å². The first-order chi connectivity index (χ1) is 28.6. The highest BCUT2D eigenvalue weighted by atomic mass is 32.2. The van der Waals surface area contributed by atoms with E-state index in [4.69, 9.17) is 0 Å². The molecule has 2 saturated heterocycles. The summed E-state index contributed by atoms with van der Waals surface area (Å²) in [6.07, 6.45) is 7.71. The number of nitrogens with one attached hydrogen (secondary N) is 2. The van der Waals surface area contributed by atoms with Crippen molar-refractivity contribution in [2.75, 3.05) is 26.2 Å². The molecule has 2 N–H and O–H groups in total. The zero-order valence-corrected chi connectivity index (χ0v) is 36.5. The van der Waals surface area contributed by atoms with E-state index >= 15 is 0 Å². The van der Waals surface area contributed by atoms with Crippen LogP contribution < -0.4 is 9.44 Å². The summed E-state index contributed by atoms with van der Waals surface area (Å²) in [5.74, 6) is 0.720. The van der Waals surface area contributed by atoms with E-state index in [-0.39, 0.29) is 34.4 Å². The van der Waals surface area contributed by atoms with Crippen LogP contribution in [0.2, 0.25) is 0 Å². The fourth-order valence-corrected chi connectivity index (χ4v) is 10.3. The Morgan fingerprint density at radius 1 is 0.667 bits per heavy atom. The van der Waals surface area contributed by atoms with Crippen LogP contribution in [0.15, 0.2) is 95.0 Å². The van der Waals surface area contributed by atoms with Gasteiger partial charge in [-0.05, 0) is 118 Å². The maximum Gasteiger partial charge on any atom is 0.241 e. The standard InChI is InChI=1S/2C22H28N4O3S/c1-17-8-12-26(13-9-17)22(27)21(10-14-25-11-4-6-19(25)16-23)24-30(28,29)20-7-3-5-18(2)15-20;1-17-9-13-26(14-10-17)22(27)20(11-15-25-12-5-7-19(25)16-23)24-30(28,29)21-8-4-3-6-18(21)2/h3-7,11,15,17,21,24H,8-10,12-14H2,1-2H3;3-8,12,17,20,24H,9-11,13-15H2,1-2H3. The number of hydrogen-bond donors (Lipinski definition) is 2. The molecule has 2 aliphatic heterocycles. The number of aryl methyl sites for hydroxylation is 4. The van der Waals surface area contributed by atoms with Gasteiger partial charge in [0.2, 0.25) is 31.9 Å². The third kappa shape index (κ3) is 12.2. The molecule has 60 heavy (non-hydrogen) atoms. The molecule has 0 saturated carbocycles. The highest BCUT2D eigenvalue weighted by molar-refractivity contribution is 7.89. The van der Waals surface area contributed by atoms with Gasteiger partial charge in [0, 0.05) is 51.7 Å². The monoisotopic (exact) mass is 856 g/mol. The molecule has 0 bridgehead atoms. The molecule has 0 radical (unpaired) electrons. The van der Waals surface area contributed by atoms with Gasteiger partial charge in [-0.15, -0.1) is 0 Å². The molecule has 2 unspecified atom stereocenters. The van der Waals surface area contributed by atoms with E-state index in [9.17, 15) is 36.9 Å². The number of aromatic nitrogens is 2. The van der Waals surface area contributed by atoms with Crippen molar-refractivity contribution in [3.63, 3.8) is 0 Å². The Hall–Kier alpha value is -5.26. The van der Waals surface area contributed by atoms with Crippen LogP contribution in [0.3, 0.4) is 0 Å². The molecule has 4 heterocycles. The van der Waals surface area contributed by atoms with Crippen LogP contribution in [-0.2, 0) is 42.7 Å². The molecule has 2 atom stereocenters. The van der Waals surface area contributed by atoms with E-state index in [0.717, 1.165) is 31.2 Å². The first kappa shape index (κ1) is 45.8. The summed E-state index contributed by atoms with van der Waals surface area (Å²) in [5, 5.41) is 18.4. The molecule has 0 spiro atoms. The molecular formula is C44H56N8O6S2. The van der Waals surface area contributed by atoms with Crippen molar-refractivity contribution in [1.82, 2.24) is 28.4 Å². The molecule has 2 amide bonds. The second-order valence-corrected chi connectivity index (χ2v) is 19.3. The maximum absolute atomic E-state index is 13.2. The zero-order valence-electron chi connectivity index (χ0n) is 34.8. The summed E-state index contributed by atoms with van der Waals surface area (Å²) in [5.41, 5.74) is 2.42. The van der Waals surface area contributed by atoms with E-state index in [1.165, 1.54) is 6.07 Å². The van der Waals surface area contributed by atoms with Crippen molar-refractivity contribution in [2.24, 2.45) is 11.8 Å². The van der Waals surface area contributed by atoms with Gasteiger partial charge >= 0.3 is 0 Å². The van der Waals surface area contributed by atoms with Crippen LogP contribution >= 0.6 is 0 Å². The number of likely N-dealkylation sites (tertiary alicyclic amines) is 2. The van der Waals surface area contributed by atoms with Crippen LogP contribution in [0.4, 0.5) is 0 Å². The van der Waals surface area contributed by atoms with Crippen LogP contribution in [-0.4, -0.2) is 85.8 Å². The van der Waals surface area contributed by atoms with Gasteiger partial charge in [-0.2, -0.15) is 20.0 Å². The highest BCUT2D eigenvalue weighted by Gasteiger charge is 2.33. The van der Waals surface area contributed by atoms with Gasteiger partial charge in [-0.25, -0.2) is 16.8 Å². The first-order valence-corrected chi connectivity index (χ1v) is 23.4. The van der Waals surface area contributed by atoms with Gasteiger partial charge in [0.25, 0.3) is 0 Å². The number of nitrogens with zero attached hydrogens (tertiary/aromatic N) is 6. The molecule has 16 heteroatoms. The number of carbonyl (C=O) groups is 2. The number of sulfonamides is 2. The fraction of sp³-hybridized carbons (Fsp3) is 0.455. The molecule has 2 fully saturated rings. The molecule has 320 valence electrons. The van der Waals surface area contributed by atoms with Gasteiger partial charge in [0.15, 0.2) is 0 Å². The molecule has 6 rings (SSSR count). The van der Waals surface area contributed by atoms with Crippen molar-refractivity contribution in [2.45, 2.75) is 101 Å². The Morgan fingerprint density at radius 3 is 1.58 bits per heavy atom. The lowest BCUT2D eigenvalue weighted by atomic mass is 9.98. The minimum Gasteiger partial charge on any atom is -0.341 e. The summed E-state index contributed by atoms with van der Waals surface area (Å²) in [4.78, 5) is 30.3. The third-order valence-corrected chi connectivity index (χ3v) is 14.4. The summed E-state index contributed by atoms with van der Waals surface area (Å²) in [6.45, 7) is 11.2. The van der Waals surface area contributed by atoms with Crippen LogP contribution in [0.5, 0.6) is 0 Å². The molecule has 2 aliphatic rings. The maximum atomic E-state index is 13.2. The third-order valence-electron chi connectivity index (χ3n) is 11.3. The van der Waals surface area contributed by atoms with E-state index < -0.39 is 32.1 Å². The van der Waals surface area contributed by atoms with Crippen LogP contribution in [0.1, 0.15) is 74.9 Å². The fourth-order valence-electron chi connectivity index (χ4n) is 7.47. The molecule has 14 nitrogen and oxygen atoms in total. The second kappa shape index (κ2) is 20.8. The predicted molar refractivity (Wildman–Crippen MR) is 228 cm³/mol. The zero-order chi connectivity index (χ0) is 43.5. The van der Waals surface area contributed by atoms with Gasteiger partial charge < -0.3 is 18.9 Å². The smallest absolute Gasteiger partial charge is 0.241 e. The highest BCUT2D eigenvalue weighted by Crippen LogP contribution is 2.22. The second-order valence-electron chi connectivity index (χ2n) is 15.9. The number of nitriles is 2.